The van der Waals surface area contributed by atoms with Crippen molar-refractivity contribution in [2.45, 2.75) is 32.9 Å². The second kappa shape index (κ2) is 6.52. The summed E-state index contributed by atoms with van der Waals surface area (Å²) >= 11 is 0. The molecule has 20 heavy (non-hydrogen) atoms. The summed E-state index contributed by atoms with van der Waals surface area (Å²) in [5.41, 5.74) is 1.18. The molecule has 0 aliphatic heterocycles. The van der Waals surface area contributed by atoms with Crippen LogP contribution in [0.2, 0.25) is 0 Å². The fourth-order valence-corrected chi connectivity index (χ4v) is 2.20. The molecule has 2 aromatic rings. The fraction of sp³-hybridized carbons (Fsp3) is 0.467. The van der Waals surface area contributed by atoms with Gasteiger partial charge in [0, 0.05) is 18.7 Å². The van der Waals surface area contributed by atoms with E-state index in [-0.39, 0.29) is 0 Å². The van der Waals surface area contributed by atoms with E-state index in [0.29, 0.717) is 12.6 Å². The van der Waals surface area contributed by atoms with Gasteiger partial charge in [-0.05, 0) is 26.5 Å². The molecule has 0 amide bonds. The number of para-hydroxylation sites is 1. The van der Waals surface area contributed by atoms with Gasteiger partial charge >= 0.3 is 0 Å². The highest BCUT2D eigenvalue weighted by Gasteiger charge is 2.13. The summed E-state index contributed by atoms with van der Waals surface area (Å²) in [5, 5.41) is 11.5. The predicted octanol–water partition coefficient (Wildman–Crippen LogP) is 2.37. The first-order valence-electron chi connectivity index (χ1n) is 6.91. The normalized spacial score (nSPS) is 12.4. The fourth-order valence-electron chi connectivity index (χ4n) is 2.20. The molecular weight excluding hydrogens is 252 g/mol. The molecule has 0 aliphatic rings. The van der Waals surface area contributed by atoms with E-state index in [9.17, 15) is 0 Å². The van der Waals surface area contributed by atoms with Crippen LogP contribution < -0.4 is 10.1 Å². The number of aryl methyl sites for hydroxylation is 1. The molecule has 0 spiro atoms. The molecule has 5 heteroatoms. The first-order chi connectivity index (χ1) is 9.67. The molecule has 5 nitrogen and oxygen atoms in total. The summed E-state index contributed by atoms with van der Waals surface area (Å²) < 4.78 is 7.88. The number of benzene rings is 1. The van der Waals surface area contributed by atoms with Crippen LogP contribution in [0.15, 0.2) is 24.3 Å². The van der Waals surface area contributed by atoms with Crippen molar-refractivity contribution in [3.8, 4) is 5.75 Å². The average molecular weight is 274 g/mol. The van der Waals surface area contributed by atoms with Crippen molar-refractivity contribution in [1.29, 1.82) is 0 Å². The number of hydrogen-bond acceptors (Lipinski definition) is 4. The van der Waals surface area contributed by atoms with E-state index in [4.69, 9.17) is 4.74 Å². The summed E-state index contributed by atoms with van der Waals surface area (Å²) in [7, 11) is 3.92. The Morgan fingerprint density at radius 3 is 2.65 bits per heavy atom. The molecule has 1 aromatic carbocycles. The lowest BCUT2D eigenvalue weighted by Gasteiger charge is -2.18. The monoisotopic (exact) mass is 274 g/mol. The van der Waals surface area contributed by atoms with Gasteiger partial charge in [-0.1, -0.05) is 25.1 Å². The summed E-state index contributed by atoms with van der Waals surface area (Å²) in [6.45, 7) is 4.51. The van der Waals surface area contributed by atoms with E-state index in [2.05, 4.69) is 28.5 Å². The van der Waals surface area contributed by atoms with Gasteiger partial charge in [0.05, 0.1) is 0 Å². The minimum Gasteiger partial charge on any atom is -0.485 e. The van der Waals surface area contributed by atoms with Gasteiger partial charge in [0.1, 0.15) is 18.2 Å². The van der Waals surface area contributed by atoms with Crippen molar-refractivity contribution >= 4 is 0 Å². The largest absolute Gasteiger partial charge is 0.485 e. The topological polar surface area (TPSA) is 52.0 Å². The Labute approximate surface area is 120 Å². The van der Waals surface area contributed by atoms with Crippen molar-refractivity contribution in [2.75, 3.05) is 7.05 Å². The average Bonchev–Trinajstić information content (AvgIpc) is 2.79. The SMILES string of the molecule is CCC(NC)c1ccccc1OCc1nnc(C)n1C. The van der Waals surface area contributed by atoms with Crippen LogP contribution in [-0.4, -0.2) is 21.8 Å². The molecule has 0 saturated carbocycles. The number of rotatable bonds is 6. The van der Waals surface area contributed by atoms with Gasteiger partial charge in [-0.3, -0.25) is 0 Å². The van der Waals surface area contributed by atoms with Gasteiger partial charge in [-0.25, -0.2) is 0 Å². The molecule has 1 N–H and O–H groups in total. The maximum Gasteiger partial charge on any atom is 0.170 e. The van der Waals surface area contributed by atoms with Gasteiger partial charge in [0.15, 0.2) is 5.82 Å². The standard InChI is InChI=1S/C15H22N4O/c1-5-13(16-3)12-8-6-7-9-14(12)20-10-15-18-17-11(2)19(15)4/h6-9,13,16H,5,10H2,1-4H3. The van der Waals surface area contributed by atoms with Gasteiger partial charge in [-0.2, -0.15) is 0 Å². The van der Waals surface area contributed by atoms with Crippen LogP contribution in [0.25, 0.3) is 0 Å². The van der Waals surface area contributed by atoms with Crippen molar-refractivity contribution in [1.82, 2.24) is 20.1 Å². The summed E-state index contributed by atoms with van der Waals surface area (Å²) in [4.78, 5) is 0. The molecule has 1 heterocycles. The van der Waals surface area contributed by atoms with Crippen LogP contribution in [0.4, 0.5) is 0 Å². The minimum atomic E-state index is 0.299. The lowest BCUT2D eigenvalue weighted by atomic mass is 10.0. The second-order valence-electron chi connectivity index (χ2n) is 4.80. The van der Waals surface area contributed by atoms with Crippen molar-refractivity contribution in [3.63, 3.8) is 0 Å². The first kappa shape index (κ1) is 14.5. The number of nitrogens with one attached hydrogen (secondary N) is 1. The van der Waals surface area contributed by atoms with Gasteiger partial charge < -0.3 is 14.6 Å². The van der Waals surface area contributed by atoms with E-state index in [1.165, 1.54) is 5.56 Å². The van der Waals surface area contributed by atoms with Crippen LogP contribution in [-0.2, 0) is 13.7 Å². The summed E-state index contributed by atoms with van der Waals surface area (Å²) in [5.74, 6) is 2.61. The van der Waals surface area contributed by atoms with Crippen molar-refractivity contribution in [3.05, 3.63) is 41.5 Å². The molecule has 0 bridgehead atoms. The summed E-state index contributed by atoms with van der Waals surface area (Å²) in [6, 6.07) is 8.42. The number of nitrogens with zero attached hydrogens (tertiary/aromatic N) is 3. The molecule has 0 fully saturated rings. The zero-order chi connectivity index (χ0) is 14.5. The molecule has 0 saturated heterocycles. The number of aromatic nitrogens is 3. The Bertz CT molecular complexity index is 561. The van der Waals surface area contributed by atoms with E-state index in [1.807, 2.05) is 43.8 Å². The highest BCUT2D eigenvalue weighted by atomic mass is 16.5. The van der Waals surface area contributed by atoms with Crippen LogP contribution >= 0.6 is 0 Å². The number of ether oxygens (including phenoxy) is 1. The maximum absolute atomic E-state index is 5.94. The smallest absolute Gasteiger partial charge is 0.170 e. The lowest BCUT2D eigenvalue weighted by molar-refractivity contribution is 0.284. The Kier molecular flexibility index (Phi) is 4.74. The predicted molar refractivity (Wildman–Crippen MR) is 78.6 cm³/mol. The third-order valence-corrected chi connectivity index (χ3v) is 3.59. The molecule has 0 radical (unpaired) electrons. The third-order valence-electron chi connectivity index (χ3n) is 3.59. The molecule has 1 aromatic heterocycles. The van der Waals surface area contributed by atoms with Gasteiger partial charge in [0.2, 0.25) is 0 Å². The Morgan fingerprint density at radius 1 is 1.30 bits per heavy atom. The Morgan fingerprint density at radius 2 is 2.05 bits per heavy atom. The Balaban J connectivity index is 2.15. The first-order valence-corrected chi connectivity index (χ1v) is 6.91. The Hall–Kier alpha value is -1.88. The zero-order valence-electron chi connectivity index (χ0n) is 12.6. The molecule has 108 valence electrons. The highest BCUT2D eigenvalue weighted by Crippen LogP contribution is 2.27. The van der Waals surface area contributed by atoms with Gasteiger partial charge in [-0.15, -0.1) is 10.2 Å². The lowest BCUT2D eigenvalue weighted by Crippen LogP contribution is -2.16. The van der Waals surface area contributed by atoms with Crippen LogP contribution in [0.5, 0.6) is 5.75 Å². The third kappa shape index (κ3) is 2.99. The molecule has 1 unspecified atom stereocenters. The van der Waals surface area contributed by atoms with Gasteiger partial charge in [0.25, 0.3) is 0 Å². The molecular formula is C15H22N4O. The number of hydrogen-bond donors (Lipinski definition) is 1. The molecule has 2 rings (SSSR count). The van der Waals surface area contributed by atoms with E-state index < -0.39 is 0 Å². The minimum absolute atomic E-state index is 0.299. The zero-order valence-corrected chi connectivity index (χ0v) is 12.6. The van der Waals surface area contributed by atoms with E-state index in [0.717, 1.165) is 23.8 Å². The molecule has 1 atom stereocenters. The van der Waals surface area contributed by atoms with Crippen molar-refractivity contribution < 1.29 is 4.74 Å². The van der Waals surface area contributed by atoms with Crippen molar-refractivity contribution in [2.24, 2.45) is 7.05 Å². The molecule has 0 aliphatic carbocycles. The van der Waals surface area contributed by atoms with Crippen LogP contribution in [0.3, 0.4) is 0 Å². The highest BCUT2D eigenvalue weighted by molar-refractivity contribution is 5.35. The van der Waals surface area contributed by atoms with E-state index >= 15 is 0 Å². The van der Waals surface area contributed by atoms with E-state index in [1.54, 1.807) is 0 Å². The quantitative estimate of drug-likeness (QED) is 0.878. The van der Waals surface area contributed by atoms with Crippen LogP contribution in [0.1, 0.15) is 36.6 Å². The summed E-state index contributed by atoms with van der Waals surface area (Å²) in [6.07, 6.45) is 1.01. The second-order valence-corrected chi connectivity index (χ2v) is 4.80. The van der Waals surface area contributed by atoms with Crippen LogP contribution in [0, 0.1) is 6.92 Å². The maximum atomic E-state index is 5.94.